The molecule has 2 rings (SSSR count). The molecule has 0 spiro atoms. The second kappa shape index (κ2) is 12.0. The van der Waals surface area contributed by atoms with Gasteiger partial charge in [0.1, 0.15) is 0 Å². The lowest BCUT2D eigenvalue weighted by Gasteiger charge is -2.23. The standard InChI is InChI=1S/C18H30N4S.HI/c1-4-19-18(21-14-15(2)22(3)16-10-11-16)20-12-13-23-17-8-6-5-7-9-17;/h5-9,15-16H,4,10-14H2,1-3H3,(H2,19,20,21);1H. The molecule has 1 aromatic rings. The Morgan fingerprint density at radius 3 is 2.62 bits per heavy atom. The lowest BCUT2D eigenvalue weighted by molar-refractivity contribution is 0.253. The van der Waals surface area contributed by atoms with E-state index in [0.29, 0.717) is 6.04 Å². The number of hydrogen-bond acceptors (Lipinski definition) is 3. The monoisotopic (exact) mass is 462 g/mol. The number of nitrogens with one attached hydrogen (secondary N) is 2. The van der Waals surface area contributed by atoms with Gasteiger partial charge in [-0.15, -0.1) is 35.7 Å². The molecular weight excluding hydrogens is 431 g/mol. The Kier molecular flexibility index (Phi) is 10.8. The van der Waals surface area contributed by atoms with E-state index >= 15 is 0 Å². The SMILES string of the molecule is CCNC(=NCC(C)N(C)C1CC1)NCCSc1ccccc1.I. The molecular formula is C18H31IN4S. The van der Waals surface area contributed by atoms with E-state index in [2.05, 4.69) is 66.8 Å². The molecule has 2 N–H and O–H groups in total. The topological polar surface area (TPSA) is 39.7 Å². The molecule has 6 heteroatoms. The Morgan fingerprint density at radius 1 is 1.29 bits per heavy atom. The third-order valence-corrected chi connectivity index (χ3v) is 5.10. The number of nitrogens with zero attached hydrogens (tertiary/aromatic N) is 2. The van der Waals surface area contributed by atoms with E-state index in [1.54, 1.807) is 0 Å². The van der Waals surface area contributed by atoms with Crippen molar-refractivity contribution in [1.29, 1.82) is 0 Å². The number of benzene rings is 1. The summed E-state index contributed by atoms with van der Waals surface area (Å²) in [6, 6.07) is 11.8. The zero-order valence-electron chi connectivity index (χ0n) is 15.0. The summed E-state index contributed by atoms with van der Waals surface area (Å²) in [5.74, 6) is 1.96. The normalized spacial score (nSPS) is 15.8. The highest BCUT2D eigenvalue weighted by atomic mass is 127. The van der Waals surface area contributed by atoms with Gasteiger partial charge < -0.3 is 10.6 Å². The van der Waals surface area contributed by atoms with Crippen LogP contribution in [0.1, 0.15) is 26.7 Å². The van der Waals surface area contributed by atoms with Crippen LogP contribution in [-0.4, -0.2) is 55.4 Å². The molecule has 136 valence electrons. The number of guanidine groups is 1. The highest BCUT2D eigenvalue weighted by Crippen LogP contribution is 2.26. The van der Waals surface area contributed by atoms with E-state index < -0.39 is 0 Å². The number of likely N-dealkylation sites (N-methyl/N-ethyl adjacent to an activating group) is 1. The highest BCUT2D eigenvalue weighted by molar-refractivity contribution is 14.0. The molecule has 0 amide bonds. The van der Waals surface area contributed by atoms with Crippen LogP contribution in [0.5, 0.6) is 0 Å². The molecule has 1 saturated carbocycles. The Labute approximate surface area is 168 Å². The maximum absolute atomic E-state index is 4.73. The quantitative estimate of drug-likeness (QED) is 0.194. The van der Waals surface area contributed by atoms with Gasteiger partial charge in [-0.2, -0.15) is 0 Å². The summed E-state index contributed by atoms with van der Waals surface area (Å²) in [4.78, 5) is 8.51. The van der Waals surface area contributed by atoms with Gasteiger partial charge in [0.05, 0.1) is 6.54 Å². The maximum Gasteiger partial charge on any atom is 0.191 e. The Hall–Kier alpha value is -0.470. The molecule has 24 heavy (non-hydrogen) atoms. The molecule has 1 fully saturated rings. The van der Waals surface area contributed by atoms with E-state index in [9.17, 15) is 0 Å². The summed E-state index contributed by atoms with van der Waals surface area (Å²) in [6.07, 6.45) is 2.69. The van der Waals surface area contributed by atoms with Crippen LogP contribution in [0.15, 0.2) is 40.2 Å². The van der Waals surface area contributed by atoms with Crippen molar-refractivity contribution in [3.05, 3.63) is 30.3 Å². The average molecular weight is 462 g/mol. The number of hydrogen-bond donors (Lipinski definition) is 2. The summed E-state index contributed by atoms with van der Waals surface area (Å²) in [6.45, 7) is 7.02. The highest BCUT2D eigenvalue weighted by Gasteiger charge is 2.28. The van der Waals surface area contributed by atoms with Gasteiger partial charge in [-0.3, -0.25) is 9.89 Å². The molecule has 0 saturated heterocycles. The Morgan fingerprint density at radius 2 is 2.00 bits per heavy atom. The lowest BCUT2D eigenvalue weighted by atomic mass is 10.3. The summed E-state index contributed by atoms with van der Waals surface area (Å²) in [7, 11) is 2.22. The molecule has 0 radical (unpaired) electrons. The van der Waals surface area contributed by atoms with Gasteiger partial charge in [0.15, 0.2) is 5.96 Å². The smallest absolute Gasteiger partial charge is 0.191 e. The van der Waals surface area contributed by atoms with Crippen molar-refractivity contribution in [1.82, 2.24) is 15.5 Å². The van der Waals surface area contributed by atoms with Crippen LogP contribution in [0.4, 0.5) is 0 Å². The number of aliphatic imine (C=N–C) groups is 1. The molecule has 1 unspecified atom stereocenters. The first kappa shape index (κ1) is 21.6. The van der Waals surface area contributed by atoms with E-state index in [1.807, 2.05) is 11.8 Å². The zero-order valence-corrected chi connectivity index (χ0v) is 18.1. The summed E-state index contributed by atoms with van der Waals surface area (Å²) >= 11 is 1.87. The molecule has 1 aliphatic rings. The van der Waals surface area contributed by atoms with Gasteiger partial charge in [-0.05, 0) is 45.9 Å². The second-order valence-electron chi connectivity index (χ2n) is 6.05. The van der Waals surface area contributed by atoms with Gasteiger partial charge in [0.25, 0.3) is 0 Å². The van der Waals surface area contributed by atoms with Crippen LogP contribution in [0.3, 0.4) is 0 Å². The number of halogens is 1. The predicted molar refractivity (Wildman–Crippen MR) is 117 cm³/mol. The fraction of sp³-hybridized carbons (Fsp3) is 0.611. The molecule has 0 aliphatic heterocycles. The van der Waals surface area contributed by atoms with Crippen molar-refractivity contribution in [2.24, 2.45) is 4.99 Å². The van der Waals surface area contributed by atoms with E-state index in [1.165, 1.54) is 17.7 Å². The van der Waals surface area contributed by atoms with E-state index in [4.69, 9.17) is 4.99 Å². The van der Waals surface area contributed by atoms with E-state index in [0.717, 1.165) is 37.4 Å². The molecule has 1 atom stereocenters. The molecule has 0 bridgehead atoms. The average Bonchev–Trinajstić information content (AvgIpc) is 3.41. The molecule has 4 nitrogen and oxygen atoms in total. The van der Waals surface area contributed by atoms with Crippen LogP contribution in [0.2, 0.25) is 0 Å². The fourth-order valence-electron chi connectivity index (χ4n) is 2.39. The van der Waals surface area contributed by atoms with E-state index in [-0.39, 0.29) is 24.0 Å². The van der Waals surface area contributed by atoms with Crippen LogP contribution >= 0.6 is 35.7 Å². The summed E-state index contributed by atoms with van der Waals surface area (Å²) < 4.78 is 0. The van der Waals surface area contributed by atoms with Crippen molar-refractivity contribution in [2.75, 3.05) is 32.4 Å². The third kappa shape index (κ3) is 8.07. The van der Waals surface area contributed by atoms with Crippen molar-refractivity contribution in [2.45, 2.75) is 43.7 Å². The third-order valence-electron chi connectivity index (χ3n) is 4.08. The maximum atomic E-state index is 4.73. The summed E-state index contributed by atoms with van der Waals surface area (Å²) in [5.41, 5.74) is 0. The zero-order chi connectivity index (χ0) is 16.5. The van der Waals surface area contributed by atoms with Gasteiger partial charge in [-0.25, -0.2) is 0 Å². The van der Waals surface area contributed by atoms with Gasteiger partial charge in [-0.1, -0.05) is 18.2 Å². The molecule has 1 aromatic carbocycles. The van der Waals surface area contributed by atoms with Crippen LogP contribution in [0, 0.1) is 0 Å². The van der Waals surface area contributed by atoms with Gasteiger partial charge in [0, 0.05) is 35.8 Å². The van der Waals surface area contributed by atoms with Gasteiger partial charge >= 0.3 is 0 Å². The van der Waals surface area contributed by atoms with Crippen molar-refractivity contribution >= 4 is 41.7 Å². The Bertz CT molecular complexity index is 479. The minimum Gasteiger partial charge on any atom is -0.357 e. The summed E-state index contributed by atoms with van der Waals surface area (Å²) in [5, 5.41) is 6.76. The fourth-order valence-corrected chi connectivity index (χ4v) is 3.18. The minimum absolute atomic E-state index is 0. The van der Waals surface area contributed by atoms with Crippen LogP contribution < -0.4 is 10.6 Å². The van der Waals surface area contributed by atoms with Crippen molar-refractivity contribution in [3.63, 3.8) is 0 Å². The number of thioether (sulfide) groups is 1. The number of rotatable bonds is 9. The predicted octanol–water partition coefficient (Wildman–Crippen LogP) is 3.43. The van der Waals surface area contributed by atoms with Crippen molar-refractivity contribution in [3.8, 4) is 0 Å². The van der Waals surface area contributed by atoms with Gasteiger partial charge in [0.2, 0.25) is 0 Å². The first-order valence-electron chi connectivity index (χ1n) is 8.62. The molecule has 0 heterocycles. The van der Waals surface area contributed by atoms with Crippen LogP contribution in [0.25, 0.3) is 0 Å². The van der Waals surface area contributed by atoms with Crippen molar-refractivity contribution < 1.29 is 0 Å². The first-order valence-corrected chi connectivity index (χ1v) is 9.61. The molecule has 0 aromatic heterocycles. The minimum atomic E-state index is 0. The largest absolute Gasteiger partial charge is 0.357 e. The molecule has 1 aliphatic carbocycles. The Balaban J connectivity index is 0.00000288. The second-order valence-corrected chi connectivity index (χ2v) is 7.22. The first-order chi connectivity index (χ1) is 11.2. The van der Waals surface area contributed by atoms with Crippen LogP contribution in [-0.2, 0) is 0 Å². The lowest BCUT2D eigenvalue weighted by Crippen LogP contribution is -2.40.